The van der Waals surface area contributed by atoms with Gasteiger partial charge in [-0.05, 0) is 19.1 Å². The third-order valence-corrected chi connectivity index (χ3v) is 2.94. The van der Waals surface area contributed by atoms with E-state index in [0.717, 1.165) is 5.56 Å². The Bertz CT molecular complexity index is 804. The Morgan fingerprint density at radius 2 is 2.09 bits per heavy atom. The van der Waals surface area contributed by atoms with Crippen molar-refractivity contribution >= 4 is 11.3 Å². The largest absolute Gasteiger partial charge is 0.494 e. The van der Waals surface area contributed by atoms with Crippen molar-refractivity contribution in [3.63, 3.8) is 0 Å². The van der Waals surface area contributed by atoms with Crippen LogP contribution in [0.25, 0.3) is 22.7 Å². The molecule has 3 aromatic rings. The van der Waals surface area contributed by atoms with Crippen molar-refractivity contribution in [3.8, 4) is 29.0 Å². The monoisotopic (exact) mass is 295 g/mol. The van der Waals surface area contributed by atoms with Crippen molar-refractivity contribution in [1.82, 2.24) is 19.9 Å². The summed E-state index contributed by atoms with van der Waals surface area (Å²) in [6.45, 7) is 2.40. The Labute approximate surface area is 126 Å². The van der Waals surface area contributed by atoms with Crippen molar-refractivity contribution < 1.29 is 9.47 Å². The van der Waals surface area contributed by atoms with Gasteiger partial charge in [0, 0.05) is 18.5 Å². The SMILES string of the molecule is CCOc1ccc(-c2nc3nccnc3[nH]2)c(OCC#N)c1. The van der Waals surface area contributed by atoms with Crippen LogP contribution >= 0.6 is 0 Å². The molecule has 0 aliphatic rings. The fraction of sp³-hybridized carbons (Fsp3) is 0.200. The van der Waals surface area contributed by atoms with Gasteiger partial charge in [0.1, 0.15) is 23.4 Å². The molecule has 2 aromatic heterocycles. The molecule has 22 heavy (non-hydrogen) atoms. The van der Waals surface area contributed by atoms with Gasteiger partial charge in [0.15, 0.2) is 17.9 Å². The smallest absolute Gasteiger partial charge is 0.197 e. The van der Waals surface area contributed by atoms with Gasteiger partial charge in [-0.2, -0.15) is 5.26 Å². The van der Waals surface area contributed by atoms with E-state index in [1.165, 1.54) is 0 Å². The molecule has 0 aliphatic heterocycles. The zero-order chi connectivity index (χ0) is 15.4. The second kappa shape index (κ2) is 6.10. The van der Waals surface area contributed by atoms with Crippen molar-refractivity contribution in [2.45, 2.75) is 6.92 Å². The van der Waals surface area contributed by atoms with Crippen molar-refractivity contribution in [2.24, 2.45) is 0 Å². The van der Waals surface area contributed by atoms with Gasteiger partial charge in [-0.25, -0.2) is 15.0 Å². The fourth-order valence-corrected chi connectivity index (χ4v) is 2.06. The topological polar surface area (TPSA) is 96.7 Å². The highest BCUT2D eigenvalue weighted by molar-refractivity contribution is 5.75. The highest BCUT2D eigenvalue weighted by atomic mass is 16.5. The molecule has 0 spiro atoms. The molecule has 110 valence electrons. The number of ether oxygens (including phenoxy) is 2. The average molecular weight is 295 g/mol. The summed E-state index contributed by atoms with van der Waals surface area (Å²) >= 11 is 0. The molecule has 2 heterocycles. The van der Waals surface area contributed by atoms with E-state index in [1.54, 1.807) is 18.5 Å². The molecule has 3 rings (SSSR count). The second-order valence-electron chi connectivity index (χ2n) is 4.35. The number of fused-ring (bicyclic) bond motifs is 1. The molecule has 0 saturated carbocycles. The van der Waals surface area contributed by atoms with Crippen LogP contribution in [0.4, 0.5) is 0 Å². The summed E-state index contributed by atoms with van der Waals surface area (Å²) in [7, 11) is 0. The van der Waals surface area contributed by atoms with Gasteiger partial charge in [0.25, 0.3) is 0 Å². The first-order valence-electron chi connectivity index (χ1n) is 6.75. The molecule has 1 N–H and O–H groups in total. The van der Waals surface area contributed by atoms with Crippen LogP contribution in [-0.4, -0.2) is 33.1 Å². The lowest BCUT2D eigenvalue weighted by Crippen LogP contribution is -1.98. The summed E-state index contributed by atoms with van der Waals surface area (Å²) in [6, 6.07) is 7.35. The fourth-order valence-electron chi connectivity index (χ4n) is 2.06. The molecule has 7 heteroatoms. The first-order chi connectivity index (χ1) is 10.8. The van der Waals surface area contributed by atoms with Gasteiger partial charge in [0.05, 0.1) is 12.2 Å². The number of H-pyrrole nitrogens is 1. The summed E-state index contributed by atoms with van der Waals surface area (Å²) in [5.74, 6) is 1.77. The van der Waals surface area contributed by atoms with Gasteiger partial charge < -0.3 is 14.5 Å². The maximum absolute atomic E-state index is 8.73. The van der Waals surface area contributed by atoms with Crippen LogP contribution in [0, 0.1) is 11.3 Å². The van der Waals surface area contributed by atoms with Gasteiger partial charge in [-0.15, -0.1) is 0 Å². The Morgan fingerprint density at radius 1 is 1.23 bits per heavy atom. The van der Waals surface area contributed by atoms with Crippen molar-refractivity contribution in [3.05, 3.63) is 30.6 Å². The normalized spacial score (nSPS) is 10.4. The maximum atomic E-state index is 8.73. The van der Waals surface area contributed by atoms with Crippen LogP contribution in [0.1, 0.15) is 6.92 Å². The van der Waals surface area contributed by atoms with Gasteiger partial charge in [-0.1, -0.05) is 0 Å². The van der Waals surface area contributed by atoms with E-state index in [2.05, 4.69) is 19.9 Å². The minimum atomic E-state index is -0.0562. The van der Waals surface area contributed by atoms with E-state index in [4.69, 9.17) is 14.7 Å². The third kappa shape index (κ3) is 2.67. The lowest BCUT2D eigenvalue weighted by Gasteiger charge is -2.10. The highest BCUT2D eigenvalue weighted by Gasteiger charge is 2.13. The summed E-state index contributed by atoms with van der Waals surface area (Å²) in [4.78, 5) is 15.8. The number of hydrogen-bond acceptors (Lipinski definition) is 6. The van der Waals surface area contributed by atoms with Crippen LogP contribution < -0.4 is 9.47 Å². The average Bonchev–Trinajstić information content (AvgIpc) is 2.97. The van der Waals surface area contributed by atoms with E-state index in [9.17, 15) is 0 Å². The first-order valence-corrected chi connectivity index (χ1v) is 6.75. The summed E-state index contributed by atoms with van der Waals surface area (Å²) in [5, 5.41) is 8.73. The molecule has 0 atom stereocenters. The van der Waals surface area contributed by atoms with Crippen molar-refractivity contribution in [1.29, 1.82) is 5.26 Å². The number of imidazole rings is 1. The summed E-state index contributed by atoms with van der Waals surface area (Å²) in [5.41, 5.74) is 1.84. The molecule has 0 aliphatic carbocycles. The molecular weight excluding hydrogens is 282 g/mol. The van der Waals surface area contributed by atoms with E-state index >= 15 is 0 Å². The molecule has 0 saturated heterocycles. The van der Waals surface area contributed by atoms with E-state index < -0.39 is 0 Å². The number of benzene rings is 1. The number of aromatic nitrogens is 4. The van der Waals surface area contributed by atoms with Crippen LogP contribution in [0.2, 0.25) is 0 Å². The standard InChI is InChI=1S/C15H13N5O2/c1-2-21-10-3-4-11(12(9-10)22-8-5-16)13-19-14-15(20-13)18-7-6-17-14/h3-4,6-7,9H,2,8H2,1H3,(H,17,18,19,20). The minimum absolute atomic E-state index is 0.0562. The van der Waals surface area contributed by atoms with Gasteiger partial charge >= 0.3 is 0 Å². The zero-order valence-electron chi connectivity index (χ0n) is 11.9. The molecule has 0 bridgehead atoms. The molecule has 0 unspecified atom stereocenters. The van der Waals surface area contributed by atoms with Crippen LogP contribution in [-0.2, 0) is 0 Å². The predicted octanol–water partition coefficient (Wildman–Crippen LogP) is 2.32. The number of nitrogens with zero attached hydrogens (tertiary/aromatic N) is 4. The molecule has 0 fully saturated rings. The Kier molecular flexibility index (Phi) is 3.83. The quantitative estimate of drug-likeness (QED) is 0.775. The summed E-state index contributed by atoms with van der Waals surface area (Å²) in [6.07, 6.45) is 3.17. The zero-order valence-corrected chi connectivity index (χ0v) is 11.9. The molecule has 7 nitrogen and oxygen atoms in total. The van der Waals surface area contributed by atoms with Crippen LogP contribution in [0.3, 0.4) is 0 Å². The Hall–Kier alpha value is -3.14. The third-order valence-electron chi connectivity index (χ3n) is 2.94. The van der Waals surface area contributed by atoms with Crippen molar-refractivity contribution in [2.75, 3.05) is 13.2 Å². The number of aromatic amines is 1. The minimum Gasteiger partial charge on any atom is -0.494 e. The molecule has 0 radical (unpaired) electrons. The Balaban J connectivity index is 2.05. The number of rotatable bonds is 5. The number of nitrogens with one attached hydrogen (secondary N) is 1. The lowest BCUT2D eigenvalue weighted by atomic mass is 10.2. The molecule has 1 aromatic carbocycles. The lowest BCUT2D eigenvalue weighted by molar-refractivity contribution is 0.332. The van der Waals surface area contributed by atoms with Crippen LogP contribution in [0.5, 0.6) is 11.5 Å². The van der Waals surface area contributed by atoms with Crippen LogP contribution in [0.15, 0.2) is 30.6 Å². The predicted molar refractivity (Wildman–Crippen MR) is 79.4 cm³/mol. The summed E-state index contributed by atoms with van der Waals surface area (Å²) < 4.78 is 10.9. The van der Waals surface area contributed by atoms with E-state index in [0.29, 0.717) is 35.2 Å². The first kappa shape index (κ1) is 13.8. The second-order valence-corrected chi connectivity index (χ2v) is 4.35. The number of hydrogen-bond donors (Lipinski definition) is 1. The Morgan fingerprint density at radius 3 is 2.86 bits per heavy atom. The highest BCUT2D eigenvalue weighted by Crippen LogP contribution is 2.32. The maximum Gasteiger partial charge on any atom is 0.197 e. The molecular formula is C15H13N5O2. The molecule has 0 amide bonds. The van der Waals surface area contributed by atoms with Gasteiger partial charge in [-0.3, -0.25) is 0 Å². The number of nitriles is 1. The van der Waals surface area contributed by atoms with E-state index in [-0.39, 0.29) is 6.61 Å². The van der Waals surface area contributed by atoms with E-state index in [1.807, 2.05) is 25.1 Å². The van der Waals surface area contributed by atoms with Gasteiger partial charge in [0.2, 0.25) is 0 Å².